The topological polar surface area (TPSA) is 47.3 Å². The zero-order valence-electron chi connectivity index (χ0n) is 14.8. The summed E-state index contributed by atoms with van der Waals surface area (Å²) in [4.78, 5) is 17.1. The van der Waals surface area contributed by atoms with Gasteiger partial charge in [-0.3, -0.25) is 9.69 Å². The second-order valence-electron chi connectivity index (χ2n) is 8.03. The van der Waals surface area contributed by atoms with Crippen LogP contribution in [0.4, 0.5) is 0 Å². The molecule has 1 saturated heterocycles. The zero-order chi connectivity index (χ0) is 16.4. The predicted octanol–water partition coefficient (Wildman–Crippen LogP) is 3.32. The number of hydrogen-bond donors (Lipinski definition) is 0. The number of rotatable bonds is 3. The molecule has 0 aromatic heterocycles. The highest BCUT2D eigenvalue weighted by atomic mass is 16.2. The smallest absolute Gasteiger partial charge is 0.237 e. The summed E-state index contributed by atoms with van der Waals surface area (Å²) in [6.07, 6.45) is 11.5. The number of carbonyl (C=O) groups is 1. The van der Waals surface area contributed by atoms with Gasteiger partial charge in [-0.15, -0.1) is 0 Å². The maximum absolute atomic E-state index is 12.9. The molecular formula is C19H31N3O. The van der Waals surface area contributed by atoms with E-state index in [-0.39, 0.29) is 5.91 Å². The van der Waals surface area contributed by atoms with Crippen molar-refractivity contribution in [3.05, 3.63) is 0 Å². The highest BCUT2D eigenvalue weighted by Crippen LogP contribution is 2.40. The lowest BCUT2D eigenvalue weighted by Crippen LogP contribution is -2.54. The Morgan fingerprint density at radius 2 is 1.91 bits per heavy atom. The van der Waals surface area contributed by atoms with Gasteiger partial charge in [0.25, 0.3) is 0 Å². The lowest BCUT2D eigenvalue weighted by molar-refractivity contribution is -0.137. The molecule has 2 aliphatic carbocycles. The Labute approximate surface area is 140 Å². The van der Waals surface area contributed by atoms with Gasteiger partial charge in [-0.05, 0) is 44.9 Å². The van der Waals surface area contributed by atoms with Crippen molar-refractivity contribution in [3.63, 3.8) is 0 Å². The van der Waals surface area contributed by atoms with E-state index in [2.05, 4.69) is 17.9 Å². The predicted molar refractivity (Wildman–Crippen MR) is 90.7 cm³/mol. The first-order valence-corrected chi connectivity index (χ1v) is 9.51. The highest BCUT2D eigenvalue weighted by molar-refractivity contribution is 5.79. The van der Waals surface area contributed by atoms with Gasteiger partial charge < -0.3 is 4.90 Å². The molecule has 128 valence electrons. The molecule has 1 amide bonds. The average molecular weight is 317 g/mol. The van der Waals surface area contributed by atoms with Crippen molar-refractivity contribution in [3.8, 4) is 6.07 Å². The molecule has 4 heteroatoms. The Bertz CT molecular complexity index is 477. The normalized spacial score (nSPS) is 33.7. The van der Waals surface area contributed by atoms with Crippen molar-refractivity contribution in [2.24, 2.45) is 5.92 Å². The summed E-state index contributed by atoms with van der Waals surface area (Å²) >= 11 is 0. The van der Waals surface area contributed by atoms with E-state index in [0.29, 0.717) is 18.6 Å². The van der Waals surface area contributed by atoms with Gasteiger partial charge in [0.05, 0.1) is 12.6 Å². The minimum atomic E-state index is -0.551. The molecular weight excluding hydrogens is 286 g/mol. The van der Waals surface area contributed by atoms with E-state index in [0.717, 1.165) is 31.6 Å². The van der Waals surface area contributed by atoms with Gasteiger partial charge in [0.15, 0.2) is 0 Å². The minimum absolute atomic E-state index is 0.145. The summed E-state index contributed by atoms with van der Waals surface area (Å²) in [6, 6.07) is 3.58. The van der Waals surface area contributed by atoms with Crippen LogP contribution in [-0.4, -0.2) is 46.9 Å². The van der Waals surface area contributed by atoms with Crippen molar-refractivity contribution in [2.45, 2.75) is 88.8 Å². The maximum atomic E-state index is 12.9. The Morgan fingerprint density at radius 1 is 1.22 bits per heavy atom. The molecule has 0 N–H and O–H groups in total. The van der Waals surface area contributed by atoms with E-state index in [9.17, 15) is 10.1 Å². The number of nitrogens with zero attached hydrogens (tertiary/aromatic N) is 3. The lowest BCUT2D eigenvalue weighted by Gasteiger charge is -2.41. The standard InChI is InChI=1S/C19H31N3O/c1-15-12-16-8-4-5-9-17(16)22(15)13-18(23)21(2)19(14-20)10-6-3-7-11-19/h15-17H,3-13H2,1-2H3/t15-,16-,17-/m1/s1. The van der Waals surface area contributed by atoms with E-state index in [1.807, 2.05) is 7.05 Å². The third-order valence-electron chi connectivity index (χ3n) is 6.73. The van der Waals surface area contributed by atoms with Gasteiger partial charge in [0, 0.05) is 19.1 Å². The maximum Gasteiger partial charge on any atom is 0.237 e. The number of fused-ring (bicyclic) bond motifs is 1. The summed E-state index contributed by atoms with van der Waals surface area (Å²) in [6.45, 7) is 2.77. The van der Waals surface area contributed by atoms with Crippen LogP contribution in [0.2, 0.25) is 0 Å². The van der Waals surface area contributed by atoms with Crippen LogP contribution in [0, 0.1) is 17.2 Å². The van der Waals surface area contributed by atoms with Gasteiger partial charge in [0.2, 0.25) is 5.91 Å². The number of likely N-dealkylation sites (N-methyl/N-ethyl adjacent to an activating group) is 1. The second-order valence-corrected chi connectivity index (χ2v) is 8.03. The quantitative estimate of drug-likeness (QED) is 0.802. The monoisotopic (exact) mass is 317 g/mol. The highest BCUT2D eigenvalue weighted by Gasteiger charge is 2.43. The largest absolute Gasteiger partial charge is 0.326 e. The van der Waals surface area contributed by atoms with Crippen molar-refractivity contribution < 1.29 is 4.79 Å². The minimum Gasteiger partial charge on any atom is -0.326 e. The molecule has 0 bridgehead atoms. The molecule has 3 rings (SSSR count). The summed E-state index contributed by atoms with van der Waals surface area (Å²) in [5.74, 6) is 0.933. The number of likely N-dealkylation sites (tertiary alicyclic amines) is 1. The first-order chi connectivity index (χ1) is 11.1. The van der Waals surface area contributed by atoms with E-state index in [1.54, 1.807) is 4.90 Å². The van der Waals surface area contributed by atoms with Crippen molar-refractivity contribution in [1.82, 2.24) is 9.80 Å². The molecule has 0 aromatic rings. The first-order valence-electron chi connectivity index (χ1n) is 9.51. The summed E-state index contributed by atoms with van der Waals surface area (Å²) in [5, 5.41) is 9.70. The molecule has 4 nitrogen and oxygen atoms in total. The van der Waals surface area contributed by atoms with Crippen LogP contribution in [0.1, 0.15) is 71.1 Å². The number of hydrogen-bond acceptors (Lipinski definition) is 3. The fraction of sp³-hybridized carbons (Fsp3) is 0.895. The first kappa shape index (κ1) is 16.8. The van der Waals surface area contributed by atoms with Crippen molar-refractivity contribution in [2.75, 3.05) is 13.6 Å². The third kappa shape index (κ3) is 3.13. The zero-order valence-corrected chi connectivity index (χ0v) is 14.8. The molecule has 0 radical (unpaired) electrons. The van der Waals surface area contributed by atoms with E-state index in [1.165, 1.54) is 38.5 Å². The van der Waals surface area contributed by atoms with Gasteiger partial charge in [-0.1, -0.05) is 32.1 Å². The molecule has 2 saturated carbocycles. The molecule has 1 aliphatic heterocycles. The van der Waals surface area contributed by atoms with Crippen molar-refractivity contribution >= 4 is 5.91 Å². The second kappa shape index (κ2) is 6.81. The molecule has 23 heavy (non-hydrogen) atoms. The molecule has 0 spiro atoms. The van der Waals surface area contributed by atoms with Crippen LogP contribution < -0.4 is 0 Å². The fourth-order valence-corrected chi connectivity index (χ4v) is 5.23. The van der Waals surface area contributed by atoms with E-state index < -0.39 is 5.54 Å². The van der Waals surface area contributed by atoms with Gasteiger partial charge in [-0.2, -0.15) is 5.26 Å². The average Bonchev–Trinajstić information content (AvgIpc) is 2.90. The molecule has 3 aliphatic rings. The van der Waals surface area contributed by atoms with Crippen molar-refractivity contribution in [1.29, 1.82) is 5.26 Å². The van der Waals surface area contributed by atoms with Gasteiger partial charge in [-0.25, -0.2) is 0 Å². The van der Waals surface area contributed by atoms with Gasteiger partial charge in [0.1, 0.15) is 5.54 Å². The third-order valence-corrected chi connectivity index (χ3v) is 6.73. The van der Waals surface area contributed by atoms with Crippen LogP contribution in [0.5, 0.6) is 0 Å². The Kier molecular flexibility index (Phi) is 4.96. The Hall–Kier alpha value is -1.08. The summed E-state index contributed by atoms with van der Waals surface area (Å²) < 4.78 is 0. The SMILES string of the molecule is C[C@@H]1C[C@H]2CCCC[C@H]2N1CC(=O)N(C)C1(C#N)CCCCC1. The molecule has 0 aromatic carbocycles. The van der Waals surface area contributed by atoms with Crippen LogP contribution in [0.15, 0.2) is 0 Å². The Balaban J connectivity index is 1.67. The lowest BCUT2D eigenvalue weighted by atomic mass is 9.81. The van der Waals surface area contributed by atoms with Crippen LogP contribution in [0.25, 0.3) is 0 Å². The molecule has 3 fully saturated rings. The fourth-order valence-electron chi connectivity index (χ4n) is 5.23. The van der Waals surface area contributed by atoms with Crippen LogP contribution in [0.3, 0.4) is 0 Å². The number of amides is 1. The number of nitriles is 1. The molecule has 0 unspecified atom stereocenters. The van der Waals surface area contributed by atoms with Crippen LogP contribution in [-0.2, 0) is 4.79 Å². The summed E-state index contributed by atoms with van der Waals surface area (Å²) in [5.41, 5.74) is -0.551. The van der Waals surface area contributed by atoms with Crippen LogP contribution >= 0.6 is 0 Å². The van der Waals surface area contributed by atoms with Gasteiger partial charge >= 0.3 is 0 Å². The summed E-state index contributed by atoms with van der Waals surface area (Å²) in [7, 11) is 1.86. The Morgan fingerprint density at radius 3 is 2.61 bits per heavy atom. The number of carbonyl (C=O) groups excluding carboxylic acids is 1. The molecule has 1 heterocycles. The molecule has 3 atom stereocenters. The van der Waals surface area contributed by atoms with E-state index >= 15 is 0 Å². The van der Waals surface area contributed by atoms with E-state index in [4.69, 9.17) is 0 Å².